The van der Waals surface area contributed by atoms with E-state index in [0.717, 1.165) is 59.4 Å². The lowest BCUT2D eigenvalue weighted by atomic mass is 9.95. The van der Waals surface area contributed by atoms with Crippen LogP contribution in [-0.4, -0.2) is 63.1 Å². The molecular weight excluding hydrogens is 458 g/mol. The lowest BCUT2D eigenvalue weighted by molar-refractivity contribution is 0.141. The average molecular weight is 494 g/mol. The number of nitrogens with zero attached hydrogens (tertiary/aromatic N) is 4. The largest absolute Gasteiger partial charge is 0.593 e. The van der Waals surface area contributed by atoms with E-state index in [0.29, 0.717) is 6.04 Å². The zero-order chi connectivity index (χ0) is 24.2. The van der Waals surface area contributed by atoms with Crippen molar-refractivity contribution in [2.45, 2.75) is 56.0 Å². The molecule has 2 aliphatic rings. The quantitative estimate of drug-likeness (QED) is 0.475. The smallest absolute Gasteiger partial charge is 0.174 e. The predicted octanol–water partition coefficient (Wildman–Crippen LogP) is 4.78. The zero-order valence-corrected chi connectivity index (χ0v) is 21.5. The first-order valence-corrected chi connectivity index (χ1v) is 13.8. The summed E-state index contributed by atoms with van der Waals surface area (Å²) in [4.78, 5) is 13.2. The molecule has 2 aromatic carbocycles. The predicted molar refractivity (Wildman–Crippen MR) is 141 cm³/mol. The van der Waals surface area contributed by atoms with Crippen LogP contribution in [0.15, 0.2) is 53.4 Å². The number of piperazine rings is 1. The number of rotatable bonds is 7. The molecule has 5 rings (SSSR count). The Labute approximate surface area is 211 Å². The normalized spacial score (nSPS) is 20.0. The molecule has 1 aromatic heterocycles. The van der Waals surface area contributed by atoms with E-state index in [-0.39, 0.29) is 6.04 Å². The number of aromatic nitrogens is 2. The highest BCUT2D eigenvalue weighted by Crippen LogP contribution is 2.29. The third-order valence-electron chi connectivity index (χ3n) is 7.26. The van der Waals surface area contributed by atoms with E-state index in [2.05, 4.69) is 35.3 Å². The number of fused-ring (bicyclic) bond motifs is 1. The summed E-state index contributed by atoms with van der Waals surface area (Å²) in [6.45, 7) is 5.31. The highest BCUT2D eigenvalue weighted by atomic mass is 32.2. The van der Waals surface area contributed by atoms with E-state index >= 15 is 0 Å². The van der Waals surface area contributed by atoms with Crippen molar-refractivity contribution in [3.63, 3.8) is 0 Å². The number of methoxy groups -OCH3 is 1. The fourth-order valence-electron chi connectivity index (χ4n) is 5.09. The number of nitrogens with one attached hydrogen (secondary N) is 1. The van der Waals surface area contributed by atoms with Gasteiger partial charge in [-0.05, 0) is 56.2 Å². The van der Waals surface area contributed by atoms with Crippen LogP contribution in [0.5, 0.6) is 5.75 Å². The third kappa shape index (κ3) is 5.56. The maximum absolute atomic E-state index is 13.1. The van der Waals surface area contributed by atoms with E-state index in [1.807, 2.05) is 34.6 Å². The van der Waals surface area contributed by atoms with Gasteiger partial charge in [0.2, 0.25) is 0 Å². The van der Waals surface area contributed by atoms with Gasteiger partial charge in [0, 0.05) is 24.5 Å². The van der Waals surface area contributed by atoms with Crippen LogP contribution in [0.25, 0.3) is 10.9 Å². The summed E-state index contributed by atoms with van der Waals surface area (Å²) in [7, 11) is 1.64. The Morgan fingerprint density at radius 1 is 0.971 bits per heavy atom. The molecule has 186 valence electrons. The van der Waals surface area contributed by atoms with Gasteiger partial charge in [0.1, 0.15) is 17.4 Å². The van der Waals surface area contributed by atoms with Crippen LogP contribution in [0.4, 0.5) is 5.82 Å². The summed E-state index contributed by atoms with van der Waals surface area (Å²) >= 11 is -1.17. The molecule has 2 atom stereocenters. The second-order valence-corrected chi connectivity index (χ2v) is 11.0. The molecule has 0 spiro atoms. The van der Waals surface area contributed by atoms with Crippen LogP contribution in [0.2, 0.25) is 0 Å². The van der Waals surface area contributed by atoms with Gasteiger partial charge >= 0.3 is 0 Å². The van der Waals surface area contributed by atoms with Gasteiger partial charge in [-0.15, -0.1) is 4.31 Å². The Balaban J connectivity index is 1.28. The van der Waals surface area contributed by atoms with E-state index in [1.54, 1.807) is 7.11 Å². The van der Waals surface area contributed by atoms with Crippen molar-refractivity contribution < 1.29 is 9.29 Å². The van der Waals surface area contributed by atoms with Gasteiger partial charge in [0.25, 0.3) is 0 Å². The minimum Gasteiger partial charge on any atom is -0.593 e. The highest BCUT2D eigenvalue weighted by molar-refractivity contribution is 7.89. The van der Waals surface area contributed by atoms with E-state index in [1.165, 1.54) is 32.1 Å². The average Bonchev–Trinajstić information content (AvgIpc) is 2.93. The van der Waals surface area contributed by atoms with E-state index in [4.69, 9.17) is 14.7 Å². The summed E-state index contributed by atoms with van der Waals surface area (Å²) < 4.78 is 20.3. The Hall–Kier alpha value is -2.39. The molecule has 2 heterocycles. The molecule has 3 aromatic rings. The number of benzene rings is 2. The van der Waals surface area contributed by atoms with Crippen molar-refractivity contribution in [2.75, 3.05) is 38.6 Å². The fourth-order valence-corrected chi connectivity index (χ4v) is 6.25. The Kier molecular flexibility index (Phi) is 7.72. The van der Waals surface area contributed by atoms with E-state index in [9.17, 15) is 4.55 Å². The van der Waals surface area contributed by atoms with Gasteiger partial charge < -0.3 is 14.6 Å². The van der Waals surface area contributed by atoms with Crippen molar-refractivity contribution in [2.24, 2.45) is 0 Å². The minimum atomic E-state index is -1.17. The maximum Gasteiger partial charge on any atom is 0.174 e. The lowest BCUT2D eigenvalue weighted by Crippen LogP contribution is -2.49. The second kappa shape index (κ2) is 11.1. The van der Waals surface area contributed by atoms with Crippen LogP contribution in [0.3, 0.4) is 0 Å². The minimum absolute atomic E-state index is 0.0862. The van der Waals surface area contributed by atoms with E-state index < -0.39 is 11.4 Å². The molecule has 0 amide bonds. The summed E-state index contributed by atoms with van der Waals surface area (Å²) in [5.74, 6) is 2.59. The van der Waals surface area contributed by atoms with Gasteiger partial charge in [0.15, 0.2) is 4.90 Å². The van der Waals surface area contributed by atoms with Crippen LogP contribution in [-0.2, 0) is 11.4 Å². The first-order chi connectivity index (χ1) is 17.1. The van der Waals surface area contributed by atoms with Crippen molar-refractivity contribution in [1.82, 2.24) is 19.2 Å². The Bertz CT molecular complexity index is 1110. The van der Waals surface area contributed by atoms with Crippen LogP contribution >= 0.6 is 0 Å². The molecule has 7 nitrogen and oxygen atoms in total. The Morgan fingerprint density at radius 3 is 2.40 bits per heavy atom. The monoisotopic (exact) mass is 493 g/mol. The summed E-state index contributed by atoms with van der Waals surface area (Å²) in [6, 6.07) is 16.4. The highest BCUT2D eigenvalue weighted by Gasteiger charge is 2.31. The maximum atomic E-state index is 13.1. The number of ether oxygens (including phenoxy) is 1. The van der Waals surface area contributed by atoms with Crippen molar-refractivity contribution in [1.29, 1.82) is 0 Å². The van der Waals surface area contributed by atoms with Gasteiger partial charge in [-0.3, -0.25) is 4.90 Å². The molecule has 2 fully saturated rings. The van der Waals surface area contributed by atoms with Gasteiger partial charge in [-0.1, -0.05) is 31.4 Å². The molecule has 35 heavy (non-hydrogen) atoms. The molecule has 1 saturated carbocycles. The molecular formula is C27H35N5O2S. The SMILES string of the molecule is COc1ccc([S+]([O-])N2CCN(C(C)c3nc(NC4CCCCC4)c4ccccc4n3)CC2)cc1. The summed E-state index contributed by atoms with van der Waals surface area (Å²) in [6.07, 6.45) is 6.31. The standard InChI is InChI=1S/C27H35N5O2S/c1-20(31-16-18-32(19-17-31)35(33)23-14-12-22(34-2)13-15-23)26-29-25-11-7-6-10-24(25)27(30-26)28-21-8-4-3-5-9-21/h6-7,10-15,20-21H,3-5,8-9,16-19H2,1-2H3,(H,28,29,30). The van der Waals surface area contributed by atoms with Crippen LogP contribution in [0, 0.1) is 0 Å². The summed E-state index contributed by atoms with van der Waals surface area (Å²) in [5.41, 5.74) is 0.988. The van der Waals surface area contributed by atoms with Crippen LogP contribution < -0.4 is 10.1 Å². The zero-order valence-electron chi connectivity index (χ0n) is 20.7. The first-order valence-electron chi connectivity index (χ1n) is 12.7. The van der Waals surface area contributed by atoms with Crippen molar-refractivity contribution in [3.8, 4) is 5.75 Å². The van der Waals surface area contributed by atoms with Crippen molar-refractivity contribution in [3.05, 3.63) is 54.4 Å². The molecule has 1 aliphatic carbocycles. The Morgan fingerprint density at radius 2 is 1.69 bits per heavy atom. The fraction of sp³-hybridized carbons (Fsp3) is 0.481. The molecule has 1 N–H and O–H groups in total. The molecule has 1 aliphatic heterocycles. The molecule has 0 bridgehead atoms. The second-order valence-electron chi connectivity index (χ2n) is 9.49. The van der Waals surface area contributed by atoms with Crippen LogP contribution in [0.1, 0.15) is 50.9 Å². The molecule has 1 saturated heterocycles. The first kappa shape index (κ1) is 24.3. The number of para-hydroxylation sites is 1. The molecule has 8 heteroatoms. The molecule has 0 radical (unpaired) electrons. The third-order valence-corrected chi connectivity index (χ3v) is 8.77. The van der Waals surface area contributed by atoms with Gasteiger partial charge in [-0.25, -0.2) is 9.97 Å². The number of hydrogen-bond donors (Lipinski definition) is 1. The number of hydrogen-bond acceptors (Lipinski definition) is 7. The topological polar surface area (TPSA) is 76.6 Å². The van der Waals surface area contributed by atoms with Crippen molar-refractivity contribution >= 4 is 28.1 Å². The lowest BCUT2D eigenvalue weighted by Gasteiger charge is -2.36. The van der Waals surface area contributed by atoms with Gasteiger partial charge in [-0.2, -0.15) is 0 Å². The summed E-state index contributed by atoms with van der Waals surface area (Å²) in [5, 5.41) is 4.83. The molecule has 2 unspecified atom stereocenters. The van der Waals surface area contributed by atoms with Gasteiger partial charge in [0.05, 0.1) is 43.1 Å². The number of anilines is 1.